The Morgan fingerprint density at radius 2 is 1.95 bits per heavy atom. The van der Waals surface area contributed by atoms with Gasteiger partial charge in [-0.2, -0.15) is 0 Å². The Bertz CT molecular complexity index is 480. The molecule has 1 aliphatic carbocycles. The third-order valence-electron chi connectivity index (χ3n) is 3.49. The van der Waals surface area contributed by atoms with Crippen LogP contribution in [0.5, 0.6) is 0 Å². The van der Waals surface area contributed by atoms with Gasteiger partial charge in [0.2, 0.25) is 0 Å². The summed E-state index contributed by atoms with van der Waals surface area (Å²) in [4.78, 5) is 21.9. The molecule has 108 valence electrons. The summed E-state index contributed by atoms with van der Waals surface area (Å²) in [5, 5.41) is 10.5. The second kappa shape index (κ2) is 6.47. The van der Waals surface area contributed by atoms with Crippen LogP contribution < -0.4 is 5.73 Å². The van der Waals surface area contributed by atoms with Gasteiger partial charge in [-0.3, -0.25) is 14.9 Å². The van der Waals surface area contributed by atoms with Crippen molar-refractivity contribution >= 4 is 11.7 Å². The minimum atomic E-state index is -0.725. The number of carbonyl (C=O) groups excluding carboxylic acids is 1. The lowest BCUT2D eigenvalue weighted by molar-refractivity contribution is -0.384. The summed E-state index contributed by atoms with van der Waals surface area (Å²) in [6.07, 6.45) is 4.34. The molecule has 0 amide bonds. The Labute approximate surface area is 117 Å². The Balaban J connectivity index is 1.87. The number of non-ortho nitro benzene ring substituents is 1. The maximum Gasteiger partial charge on any atom is 0.323 e. The van der Waals surface area contributed by atoms with Crippen molar-refractivity contribution in [3.63, 3.8) is 0 Å². The minimum absolute atomic E-state index is 0.00501. The van der Waals surface area contributed by atoms with Gasteiger partial charge in [-0.25, -0.2) is 0 Å². The van der Waals surface area contributed by atoms with Gasteiger partial charge < -0.3 is 10.5 Å². The lowest BCUT2D eigenvalue weighted by Crippen LogP contribution is -2.36. The molecule has 2 N–H and O–H groups in total. The number of nitrogens with two attached hydrogens (primary N) is 1. The quantitative estimate of drug-likeness (QED) is 0.504. The van der Waals surface area contributed by atoms with Gasteiger partial charge in [0.05, 0.1) is 4.92 Å². The molecule has 20 heavy (non-hydrogen) atoms. The molecule has 0 radical (unpaired) electrons. The van der Waals surface area contributed by atoms with Gasteiger partial charge in [0.25, 0.3) is 5.69 Å². The Kier molecular flexibility index (Phi) is 4.68. The fourth-order valence-electron chi connectivity index (χ4n) is 2.35. The minimum Gasteiger partial charge on any atom is -0.461 e. The fraction of sp³-hybridized carbons (Fsp3) is 0.500. The van der Waals surface area contributed by atoms with Gasteiger partial charge >= 0.3 is 5.97 Å². The van der Waals surface area contributed by atoms with E-state index < -0.39 is 16.9 Å². The summed E-state index contributed by atoms with van der Waals surface area (Å²) >= 11 is 0. The second-order valence-corrected chi connectivity index (χ2v) is 5.08. The number of rotatable bonds is 5. The monoisotopic (exact) mass is 278 g/mol. The van der Waals surface area contributed by atoms with Gasteiger partial charge in [-0.05, 0) is 37.7 Å². The Morgan fingerprint density at radius 1 is 1.35 bits per heavy atom. The molecule has 0 heterocycles. The Hall–Kier alpha value is -1.95. The molecular weight excluding hydrogens is 260 g/mol. The molecule has 0 bridgehead atoms. The van der Waals surface area contributed by atoms with Gasteiger partial charge in [0.1, 0.15) is 12.1 Å². The summed E-state index contributed by atoms with van der Waals surface area (Å²) in [6, 6.07) is 5.31. The van der Waals surface area contributed by atoms with Crippen molar-refractivity contribution in [3.8, 4) is 0 Å². The maximum atomic E-state index is 11.8. The summed E-state index contributed by atoms with van der Waals surface area (Å²) in [5.41, 5.74) is 6.62. The highest BCUT2D eigenvalue weighted by Crippen LogP contribution is 2.21. The molecule has 0 unspecified atom stereocenters. The van der Waals surface area contributed by atoms with E-state index in [9.17, 15) is 14.9 Å². The predicted molar refractivity (Wildman–Crippen MR) is 73.1 cm³/mol. The van der Waals surface area contributed by atoms with Crippen LogP contribution in [0, 0.1) is 10.1 Å². The smallest absolute Gasteiger partial charge is 0.323 e. The number of nitro groups is 1. The standard InChI is InChI=1S/C14H18N2O4/c15-13(14(17)20-12-3-1-2-4-12)9-10-5-7-11(8-6-10)16(18)19/h5-8,12-13H,1-4,9,15H2/t13-/m0/s1. The molecular formula is C14H18N2O4. The van der Waals surface area contributed by atoms with Gasteiger partial charge in [0, 0.05) is 12.1 Å². The van der Waals surface area contributed by atoms with Crippen molar-refractivity contribution in [1.29, 1.82) is 0 Å². The van der Waals surface area contributed by atoms with E-state index in [4.69, 9.17) is 10.5 Å². The first kappa shape index (κ1) is 14.5. The third kappa shape index (κ3) is 3.77. The van der Waals surface area contributed by atoms with Crippen LogP contribution in [0.4, 0.5) is 5.69 Å². The first-order chi connectivity index (χ1) is 9.56. The molecule has 1 aliphatic rings. The number of nitrogens with zero attached hydrogens (tertiary/aromatic N) is 1. The molecule has 0 spiro atoms. The highest BCUT2D eigenvalue weighted by Gasteiger charge is 2.23. The van der Waals surface area contributed by atoms with Crippen molar-refractivity contribution in [2.24, 2.45) is 5.73 Å². The van der Waals surface area contributed by atoms with Crippen molar-refractivity contribution in [2.75, 3.05) is 0 Å². The highest BCUT2D eigenvalue weighted by atomic mass is 16.6. The van der Waals surface area contributed by atoms with Crippen LogP contribution in [-0.2, 0) is 16.0 Å². The largest absolute Gasteiger partial charge is 0.461 e. The normalized spacial score (nSPS) is 16.9. The van der Waals surface area contributed by atoms with Gasteiger partial charge in [-0.1, -0.05) is 12.1 Å². The van der Waals surface area contributed by atoms with Gasteiger partial charge in [0.15, 0.2) is 0 Å². The Morgan fingerprint density at radius 3 is 2.50 bits per heavy atom. The predicted octanol–water partition coefficient (Wildman–Crippen LogP) is 1.95. The molecule has 2 rings (SSSR count). The summed E-state index contributed by atoms with van der Waals surface area (Å²) < 4.78 is 5.34. The van der Waals surface area contributed by atoms with Gasteiger partial charge in [-0.15, -0.1) is 0 Å². The number of hydrogen-bond donors (Lipinski definition) is 1. The van der Waals surface area contributed by atoms with Crippen LogP contribution in [0.3, 0.4) is 0 Å². The number of hydrogen-bond acceptors (Lipinski definition) is 5. The topological polar surface area (TPSA) is 95.5 Å². The molecule has 0 aromatic heterocycles. The van der Waals surface area contributed by atoms with Crippen molar-refractivity contribution in [1.82, 2.24) is 0 Å². The molecule has 6 nitrogen and oxygen atoms in total. The van der Waals surface area contributed by atoms with E-state index in [0.717, 1.165) is 31.2 Å². The molecule has 1 fully saturated rings. The van der Waals surface area contributed by atoms with E-state index in [-0.39, 0.29) is 11.8 Å². The van der Waals surface area contributed by atoms with E-state index >= 15 is 0 Å². The van der Waals surface area contributed by atoms with E-state index in [1.165, 1.54) is 12.1 Å². The number of esters is 1. The van der Waals surface area contributed by atoms with Crippen LogP contribution in [-0.4, -0.2) is 23.0 Å². The molecule has 1 atom stereocenters. The zero-order valence-electron chi connectivity index (χ0n) is 11.2. The number of nitro benzene ring substituents is 1. The average molecular weight is 278 g/mol. The van der Waals surface area contributed by atoms with Crippen LogP contribution >= 0.6 is 0 Å². The van der Waals surface area contributed by atoms with E-state index in [0.29, 0.717) is 6.42 Å². The molecule has 6 heteroatoms. The summed E-state index contributed by atoms with van der Waals surface area (Å²) in [7, 11) is 0. The SMILES string of the molecule is N[C@@H](Cc1ccc([N+](=O)[O-])cc1)C(=O)OC1CCCC1. The molecule has 1 aromatic rings. The van der Waals surface area contributed by atoms with Crippen molar-refractivity contribution in [2.45, 2.75) is 44.2 Å². The third-order valence-corrected chi connectivity index (χ3v) is 3.49. The second-order valence-electron chi connectivity index (χ2n) is 5.08. The first-order valence-corrected chi connectivity index (χ1v) is 6.75. The van der Waals surface area contributed by atoms with Crippen LogP contribution in [0.15, 0.2) is 24.3 Å². The lowest BCUT2D eigenvalue weighted by atomic mass is 10.1. The van der Waals surface area contributed by atoms with E-state index in [2.05, 4.69) is 0 Å². The van der Waals surface area contributed by atoms with E-state index in [1.54, 1.807) is 12.1 Å². The van der Waals surface area contributed by atoms with Crippen LogP contribution in [0.25, 0.3) is 0 Å². The van der Waals surface area contributed by atoms with Crippen molar-refractivity contribution < 1.29 is 14.5 Å². The average Bonchev–Trinajstić information content (AvgIpc) is 2.92. The number of carbonyl (C=O) groups is 1. The van der Waals surface area contributed by atoms with Crippen LogP contribution in [0.1, 0.15) is 31.2 Å². The first-order valence-electron chi connectivity index (χ1n) is 6.75. The highest BCUT2D eigenvalue weighted by molar-refractivity contribution is 5.76. The number of benzene rings is 1. The molecule has 1 saturated carbocycles. The fourth-order valence-corrected chi connectivity index (χ4v) is 2.35. The summed E-state index contributed by atoms with van der Waals surface area (Å²) in [5.74, 6) is -0.393. The van der Waals surface area contributed by atoms with Crippen LogP contribution in [0.2, 0.25) is 0 Å². The molecule has 1 aromatic carbocycles. The molecule has 0 saturated heterocycles. The summed E-state index contributed by atoms with van der Waals surface area (Å²) in [6.45, 7) is 0. The number of ether oxygens (including phenoxy) is 1. The zero-order valence-corrected chi connectivity index (χ0v) is 11.2. The van der Waals surface area contributed by atoms with Crippen molar-refractivity contribution in [3.05, 3.63) is 39.9 Å². The van der Waals surface area contributed by atoms with E-state index in [1.807, 2.05) is 0 Å². The zero-order chi connectivity index (χ0) is 14.5. The maximum absolute atomic E-state index is 11.8. The lowest BCUT2D eigenvalue weighted by Gasteiger charge is -2.15. The molecule has 0 aliphatic heterocycles.